The van der Waals surface area contributed by atoms with Gasteiger partial charge in [-0.2, -0.15) is 0 Å². The third-order valence-corrected chi connectivity index (χ3v) is 14.2. The summed E-state index contributed by atoms with van der Waals surface area (Å²) in [6, 6.07) is 22.7. The molecule has 0 spiro atoms. The van der Waals surface area contributed by atoms with Gasteiger partial charge in [0.05, 0.1) is 61.5 Å². The average Bonchev–Trinajstić information content (AvgIpc) is 4.14. The van der Waals surface area contributed by atoms with Crippen molar-refractivity contribution in [3.8, 4) is 22.3 Å². The van der Waals surface area contributed by atoms with E-state index >= 15 is 8.78 Å². The molecule has 4 aromatic carbocycles. The highest BCUT2D eigenvalue weighted by Gasteiger charge is 2.43. The molecule has 6 aliphatic rings. The number of carbonyl (C=O) groups excluding carboxylic acids is 4. The first-order valence-corrected chi connectivity index (χ1v) is 23.9. The van der Waals surface area contributed by atoms with Gasteiger partial charge in [-0.05, 0) is 106 Å². The number of amides is 4. The van der Waals surface area contributed by atoms with Crippen LogP contribution in [-0.2, 0) is 38.3 Å². The molecule has 14 nitrogen and oxygen atoms in total. The Morgan fingerprint density at radius 1 is 0.652 bits per heavy atom. The first kappa shape index (κ1) is 47.2. The number of H-pyrrole nitrogens is 2. The van der Waals surface area contributed by atoms with Gasteiger partial charge in [0.2, 0.25) is 11.8 Å². The number of halogens is 2. The highest BCUT2D eigenvalue weighted by molar-refractivity contribution is 5.89. The van der Waals surface area contributed by atoms with Crippen molar-refractivity contribution in [2.24, 2.45) is 11.8 Å². The summed E-state index contributed by atoms with van der Waals surface area (Å²) in [5.41, 5.74) is 12.1. The van der Waals surface area contributed by atoms with E-state index in [0.717, 1.165) is 52.5 Å². The number of alkyl carbamates (subject to hydrolysis) is 2. The molecule has 6 aromatic rings. The van der Waals surface area contributed by atoms with Gasteiger partial charge in [-0.3, -0.25) is 9.59 Å². The molecule has 12 rings (SSSR count). The summed E-state index contributed by atoms with van der Waals surface area (Å²) in [5.74, 6) is -0.113. The smallest absolute Gasteiger partial charge is 0.407 e. The molecule has 362 valence electrons. The summed E-state index contributed by atoms with van der Waals surface area (Å²) in [6.45, 7) is 9.34. The number of likely N-dealkylation sites (tertiary alicyclic amines) is 2. The maximum atomic E-state index is 15.1. The Bertz CT molecular complexity index is 2930. The lowest BCUT2D eigenvalue weighted by Crippen LogP contribution is -2.51. The summed E-state index contributed by atoms with van der Waals surface area (Å²) < 4.78 is 39.7. The molecule has 16 heteroatoms. The molecule has 2 aromatic heterocycles. The Morgan fingerprint density at radius 3 is 1.64 bits per heavy atom. The van der Waals surface area contributed by atoms with Gasteiger partial charge in [0.25, 0.3) is 0 Å². The first-order valence-electron chi connectivity index (χ1n) is 23.9. The largest absolute Gasteiger partial charge is 0.453 e. The summed E-state index contributed by atoms with van der Waals surface area (Å²) in [6.07, 6.45) is -1.39. The van der Waals surface area contributed by atoms with Crippen molar-refractivity contribution in [2.45, 2.75) is 109 Å². The fourth-order valence-electron chi connectivity index (χ4n) is 10.4. The lowest BCUT2D eigenvalue weighted by Gasteiger charge is -2.29. The van der Waals surface area contributed by atoms with Gasteiger partial charge in [-0.15, -0.1) is 0 Å². The first-order chi connectivity index (χ1) is 33.1. The van der Waals surface area contributed by atoms with Gasteiger partial charge in [-0.1, -0.05) is 83.1 Å². The summed E-state index contributed by atoms with van der Waals surface area (Å²) in [7, 11) is 2.48. The number of benzene rings is 4. The fourth-order valence-corrected chi connectivity index (χ4v) is 10.4. The van der Waals surface area contributed by atoms with E-state index in [1.165, 1.54) is 46.3 Å². The van der Waals surface area contributed by atoms with Crippen molar-refractivity contribution < 1.29 is 37.4 Å². The van der Waals surface area contributed by atoms with Crippen LogP contribution in [0.2, 0.25) is 0 Å². The molecule has 4 amide bonds. The molecule has 2 aliphatic heterocycles. The number of hydrogen-bond donors (Lipinski definition) is 4. The lowest BCUT2D eigenvalue weighted by molar-refractivity contribution is -0.136. The molecule has 0 radical (unpaired) electrons. The van der Waals surface area contributed by atoms with Crippen molar-refractivity contribution in [3.05, 3.63) is 107 Å². The maximum absolute atomic E-state index is 15.1. The number of aryl methyl sites for hydroxylation is 2. The van der Waals surface area contributed by atoms with Gasteiger partial charge >= 0.3 is 12.2 Å². The van der Waals surface area contributed by atoms with Crippen LogP contribution in [0.4, 0.5) is 18.4 Å². The normalized spacial score (nSPS) is 21.2. The third kappa shape index (κ3) is 9.49. The number of carbonyl (C=O) groups is 4. The molecule has 0 saturated carbocycles. The van der Waals surface area contributed by atoms with Crippen molar-refractivity contribution in [1.29, 1.82) is 0 Å². The second-order valence-electron chi connectivity index (χ2n) is 19.6. The molecular weight excluding hydrogens is 883 g/mol. The van der Waals surface area contributed by atoms with Crippen LogP contribution >= 0.6 is 0 Å². The maximum Gasteiger partial charge on any atom is 0.407 e. The molecule has 7 atom stereocenters. The van der Waals surface area contributed by atoms with Gasteiger partial charge in [0, 0.05) is 12.8 Å². The Morgan fingerprint density at radius 2 is 1.14 bits per heavy atom. The Labute approximate surface area is 399 Å². The summed E-state index contributed by atoms with van der Waals surface area (Å²) >= 11 is 0. The van der Waals surface area contributed by atoms with E-state index in [-0.39, 0.29) is 55.5 Å². The number of ether oxygens (including phenoxy) is 2. The topological polar surface area (TPSA) is 175 Å². The Hall–Kier alpha value is -6.84. The van der Waals surface area contributed by atoms with Gasteiger partial charge in [0.1, 0.15) is 36.1 Å². The molecule has 4 heterocycles. The Balaban J connectivity index is 0.968. The van der Waals surface area contributed by atoms with E-state index in [4.69, 9.17) is 19.4 Å². The van der Waals surface area contributed by atoms with E-state index in [9.17, 15) is 19.2 Å². The standard InChI is InChI=1S/C53H60F2N8O6/c1-27(2)46(60-52(66)68-6)50(64)62-25-36(54)23-44(62)48-56-40-16-14-34(21-42(40)58-48)38-19-30-8-10-31-12-13-32(29(5)18-33(38)11-9-30)20-39(31)35-15-17-41-43(22-35)59-49(57-41)45-24-37(55)26-63(45)51(65)47(28(3)4)61-53(67)69-7/h9,11-17,19-22,27-29,36-37,44-47H,8,10,18,23-26H2,1-7H3,(H,56,58)(H,57,59)(H,60,66)(H,61,67)/t29-,36-,37-,44+,45+,46+,47+/m1/s1. The molecule has 4 aliphatic carbocycles. The van der Waals surface area contributed by atoms with Crippen molar-refractivity contribution >= 4 is 46.1 Å². The number of aromatic nitrogens is 4. The quantitative estimate of drug-likeness (QED) is 0.105. The van der Waals surface area contributed by atoms with E-state index in [1.54, 1.807) is 0 Å². The minimum atomic E-state index is -1.24. The van der Waals surface area contributed by atoms with Crippen LogP contribution in [0.5, 0.6) is 0 Å². The number of aromatic amines is 2. The van der Waals surface area contributed by atoms with Crippen LogP contribution < -0.4 is 10.6 Å². The second-order valence-corrected chi connectivity index (χ2v) is 19.6. The van der Waals surface area contributed by atoms with Crippen LogP contribution in [0.25, 0.3) is 44.3 Å². The zero-order chi connectivity index (χ0) is 48.8. The van der Waals surface area contributed by atoms with Gasteiger partial charge < -0.3 is 39.9 Å². The zero-order valence-electron chi connectivity index (χ0n) is 40.1. The number of fused-ring (bicyclic) bond motifs is 2. The predicted molar refractivity (Wildman–Crippen MR) is 259 cm³/mol. The molecule has 69 heavy (non-hydrogen) atoms. The third-order valence-electron chi connectivity index (χ3n) is 14.2. The number of nitrogens with zero attached hydrogens (tertiary/aromatic N) is 4. The SMILES string of the molecule is COC(=O)N[C@H](C(=O)N1C[C@H](F)C[C@H]1c1nc2ccc(-c3cc4ccc3CCc3ccc(c(-c5ccc6nc([C@@H]7C[C@@H](F)CN7C(=O)[C@@H](NC(=O)OC)C(C)C)[nH]c6c5)c3)C[C@H]4C)cc2[nH]1)C(C)C. The van der Waals surface area contributed by atoms with E-state index in [2.05, 4.69) is 88.2 Å². The number of alkyl halides is 2. The van der Waals surface area contributed by atoms with Gasteiger partial charge in [0.15, 0.2) is 0 Å². The zero-order valence-corrected chi connectivity index (χ0v) is 40.1. The number of nitrogens with one attached hydrogen (secondary N) is 4. The highest BCUT2D eigenvalue weighted by atomic mass is 19.1. The van der Waals surface area contributed by atoms with Gasteiger partial charge in [-0.25, -0.2) is 28.3 Å². The minimum absolute atomic E-state index is 0.0935. The molecule has 4 bridgehead atoms. The van der Waals surface area contributed by atoms with E-state index in [1.807, 2.05) is 39.8 Å². The second kappa shape index (κ2) is 19.3. The average molecular weight is 943 g/mol. The minimum Gasteiger partial charge on any atom is -0.453 e. The molecule has 2 fully saturated rings. The summed E-state index contributed by atoms with van der Waals surface area (Å²) in [4.78, 5) is 71.4. The predicted octanol–water partition coefficient (Wildman–Crippen LogP) is 9.20. The van der Waals surface area contributed by atoms with Crippen LogP contribution in [0.15, 0.2) is 72.8 Å². The van der Waals surface area contributed by atoms with Crippen molar-refractivity contribution in [2.75, 3.05) is 27.3 Å². The Kier molecular flexibility index (Phi) is 13.2. The van der Waals surface area contributed by atoms with Crippen LogP contribution in [0, 0.1) is 11.8 Å². The number of hydrogen-bond acceptors (Lipinski definition) is 8. The number of methoxy groups -OCH3 is 2. The van der Waals surface area contributed by atoms with E-state index in [0.29, 0.717) is 22.7 Å². The van der Waals surface area contributed by atoms with Crippen molar-refractivity contribution in [3.63, 3.8) is 0 Å². The molecule has 2 saturated heterocycles. The lowest BCUT2D eigenvalue weighted by atomic mass is 9.84. The van der Waals surface area contributed by atoms with Crippen LogP contribution in [0.1, 0.15) is 99.4 Å². The molecule has 0 unspecified atom stereocenters. The number of imidazole rings is 2. The fraction of sp³-hybridized carbons (Fsp3) is 0.434. The van der Waals surface area contributed by atoms with Crippen LogP contribution in [-0.4, -0.2) is 105 Å². The molecular formula is C53H60F2N8O6. The highest BCUT2D eigenvalue weighted by Crippen LogP contribution is 2.39. The molecule has 4 N–H and O–H groups in total. The number of rotatable bonds is 10. The monoisotopic (exact) mass is 942 g/mol. The van der Waals surface area contributed by atoms with E-state index < -0.39 is 48.7 Å². The summed E-state index contributed by atoms with van der Waals surface area (Å²) in [5, 5.41) is 5.25. The van der Waals surface area contributed by atoms with Crippen molar-refractivity contribution in [1.82, 2.24) is 40.4 Å². The van der Waals surface area contributed by atoms with Crippen LogP contribution in [0.3, 0.4) is 0 Å².